The van der Waals surface area contributed by atoms with Crippen molar-refractivity contribution >= 4 is 11.3 Å². The van der Waals surface area contributed by atoms with Crippen LogP contribution in [0.5, 0.6) is 0 Å². The Morgan fingerprint density at radius 3 is 3.26 bits per heavy atom. The topological polar surface area (TPSA) is 59.2 Å². The van der Waals surface area contributed by atoms with Gasteiger partial charge in [0, 0.05) is 18.7 Å². The maximum absolute atomic E-state index is 5.59. The van der Waals surface area contributed by atoms with E-state index in [1.165, 1.54) is 10.4 Å². The molecular weight excluding hydrogens is 262 g/mol. The highest BCUT2D eigenvalue weighted by Crippen LogP contribution is 2.25. The van der Waals surface area contributed by atoms with Crippen LogP contribution < -0.4 is 5.32 Å². The van der Waals surface area contributed by atoms with Crippen LogP contribution >= 0.6 is 11.3 Å². The average Bonchev–Trinajstić information content (AvgIpc) is 3.10. The van der Waals surface area contributed by atoms with Gasteiger partial charge in [0.05, 0.1) is 42.7 Å². The smallest absolute Gasteiger partial charge is 0.0933 e. The van der Waals surface area contributed by atoms with E-state index in [9.17, 15) is 0 Å². The number of H-pyrrole nitrogens is 1. The summed E-state index contributed by atoms with van der Waals surface area (Å²) < 4.78 is 11.0. The molecule has 0 aromatic carbocycles. The molecule has 0 radical (unpaired) electrons. The zero-order valence-corrected chi connectivity index (χ0v) is 11.4. The van der Waals surface area contributed by atoms with Crippen LogP contribution in [-0.2, 0) is 16.0 Å². The van der Waals surface area contributed by atoms with E-state index in [1.54, 1.807) is 11.3 Å². The van der Waals surface area contributed by atoms with Crippen molar-refractivity contribution in [1.29, 1.82) is 0 Å². The van der Waals surface area contributed by atoms with E-state index in [4.69, 9.17) is 9.47 Å². The first kappa shape index (κ1) is 12.8. The van der Waals surface area contributed by atoms with Crippen LogP contribution in [0.1, 0.15) is 5.56 Å². The van der Waals surface area contributed by atoms with E-state index in [-0.39, 0.29) is 6.10 Å². The number of hydrogen-bond acceptors (Lipinski definition) is 5. The van der Waals surface area contributed by atoms with Gasteiger partial charge in [-0.15, -0.1) is 11.3 Å². The zero-order chi connectivity index (χ0) is 12.9. The van der Waals surface area contributed by atoms with Crippen molar-refractivity contribution in [2.75, 3.05) is 26.4 Å². The highest BCUT2D eigenvalue weighted by molar-refractivity contribution is 7.13. The molecule has 2 N–H and O–H groups in total. The number of nitrogens with one attached hydrogen (secondary N) is 2. The van der Waals surface area contributed by atoms with Crippen molar-refractivity contribution in [2.45, 2.75) is 12.6 Å². The first-order valence-electron chi connectivity index (χ1n) is 6.39. The lowest BCUT2D eigenvalue weighted by molar-refractivity contribution is -0.0864. The van der Waals surface area contributed by atoms with Gasteiger partial charge >= 0.3 is 0 Å². The number of rotatable bonds is 5. The maximum atomic E-state index is 5.59. The van der Waals surface area contributed by atoms with Crippen molar-refractivity contribution in [2.24, 2.45) is 0 Å². The Morgan fingerprint density at radius 1 is 1.47 bits per heavy atom. The van der Waals surface area contributed by atoms with Crippen LogP contribution in [0.25, 0.3) is 10.6 Å². The number of thiophene rings is 1. The predicted molar refractivity (Wildman–Crippen MR) is 74.2 cm³/mol. The Balaban J connectivity index is 1.54. The minimum absolute atomic E-state index is 0.158. The van der Waals surface area contributed by atoms with Gasteiger partial charge in [-0.25, -0.2) is 0 Å². The molecule has 0 spiro atoms. The van der Waals surface area contributed by atoms with E-state index in [1.807, 2.05) is 12.3 Å². The summed E-state index contributed by atoms with van der Waals surface area (Å²) in [7, 11) is 0. The van der Waals surface area contributed by atoms with Crippen LogP contribution in [0.4, 0.5) is 0 Å². The average molecular weight is 279 g/mol. The Labute approximate surface area is 115 Å². The summed E-state index contributed by atoms with van der Waals surface area (Å²) in [6, 6.07) is 4.14. The zero-order valence-electron chi connectivity index (χ0n) is 10.6. The summed E-state index contributed by atoms with van der Waals surface area (Å²) in [6.07, 6.45) is 2.03. The second kappa shape index (κ2) is 6.29. The third-order valence-corrected chi connectivity index (χ3v) is 3.95. The molecule has 5 nitrogen and oxygen atoms in total. The molecule has 0 aliphatic carbocycles. The molecule has 1 atom stereocenters. The Bertz CT molecular complexity index is 492. The molecule has 3 rings (SSSR count). The summed E-state index contributed by atoms with van der Waals surface area (Å²) in [5.41, 5.74) is 2.28. The van der Waals surface area contributed by atoms with Crippen LogP contribution in [0.3, 0.4) is 0 Å². The fourth-order valence-electron chi connectivity index (χ4n) is 2.10. The normalized spacial score (nSPS) is 19.7. The molecule has 2 aromatic heterocycles. The lowest BCUT2D eigenvalue weighted by Crippen LogP contribution is -2.37. The van der Waals surface area contributed by atoms with Gasteiger partial charge in [0.15, 0.2) is 0 Å². The van der Waals surface area contributed by atoms with Crippen molar-refractivity contribution < 1.29 is 9.47 Å². The van der Waals surface area contributed by atoms with E-state index in [2.05, 4.69) is 27.0 Å². The second-order valence-electron chi connectivity index (χ2n) is 4.45. The van der Waals surface area contributed by atoms with Gasteiger partial charge in [-0.05, 0) is 11.4 Å². The summed E-state index contributed by atoms with van der Waals surface area (Å²) in [6.45, 7) is 3.66. The lowest BCUT2D eigenvalue weighted by Gasteiger charge is -2.23. The van der Waals surface area contributed by atoms with E-state index in [0.29, 0.717) is 19.8 Å². The molecule has 1 fully saturated rings. The molecule has 0 bridgehead atoms. The molecule has 0 unspecified atom stereocenters. The number of nitrogens with zero attached hydrogens (tertiary/aromatic N) is 1. The van der Waals surface area contributed by atoms with Crippen molar-refractivity contribution in [1.82, 2.24) is 15.5 Å². The van der Waals surface area contributed by atoms with Gasteiger partial charge in [0.2, 0.25) is 0 Å². The lowest BCUT2D eigenvalue weighted by atomic mass is 10.2. The van der Waals surface area contributed by atoms with Gasteiger partial charge in [-0.1, -0.05) is 6.07 Å². The van der Waals surface area contributed by atoms with Crippen LogP contribution in [0.15, 0.2) is 23.7 Å². The molecule has 3 heterocycles. The Morgan fingerprint density at radius 2 is 2.47 bits per heavy atom. The minimum atomic E-state index is 0.158. The van der Waals surface area contributed by atoms with Crippen molar-refractivity contribution in [3.8, 4) is 10.6 Å². The first-order valence-corrected chi connectivity index (χ1v) is 7.27. The molecule has 0 amide bonds. The van der Waals surface area contributed by atoms with E-state index in [0.717, 1.165) is 18.8 Å². The highest BCUT2D eigenvalue weighted by Gasteiger charge is 2.14. The molecule has 0 saturated carbocycles. The van der Waals surface area contributed by atoms with Gasteiger partial charge < -0.3 is 14.8 Å². The van der Waals surface area contributed by atoms with Gasteiger partial charge in [-0.2, -0.15) is 5.10 Å². The van der Waals surface area contributed by atoms with Gasteiger partial charge in [0.1, 0.15) is 0 Å². The maximum Gasteiger partial charge on any atom is 0.0933 e. The fraction of sp³-hybridized carbons (Fsp3) is 0.462. The fourth-order valence-corrected chi connectivity index (χ4v) is 2.86. The van der Waals surface area contributed by atoms with Gasteiger partial charge in [-0.3, -0.25) is 5.10 Å². The molecule has 1 saturated heterocycles. The van der Waals surface area contributed by atoms with E-state index < -0.39 is 0 Å². The highest BCUT2D eigenvalue weighted by atomic mass is 32.1. The molecule has 102 valence electrons. The Hall–Kier alpha value is -1.21. The summed E-state index contributed by atoms with van der Waals surface area (Å²) in [4.78, 5) is 1.21. The summed E-state index contributed by atoms with van der Waals surface area (Å²) in [5, 5.41) is 12.7. The predicted octanol–water partition coefficient (Wildman–Crippen LogP) is 1.64. The summed E-state index contributed by atoms with van der Waals surface area (Å²) >= 11 is 1.71. The van der Waals surface area contributed by atoms with E-state index >= 15 is 0 Å². The van der Waals surface area contributed by atoms with Crippen molar-refractivity contribution in [3.05, 3.63) is 29.3 Å². The molecule has 1 aliphatic rings. The largest absolute Gasteiger partial charge is 0.376 e. The van der Waals surface area contributed by atoms with Crippen LogP contribution in [-0.4, -0.2) is 42.7 Å². The van der Waals surface area contributed by atoms with Crippen LogP contribution in [0.2, 0.25) is 0 Å². The third kappa shape index (κ3) is 3.22. The molecule has 19 heavy (non-hydrogen) atoms. The second-order valence-corrected chi connectivity index (χ2v) is 5.39. The summed E-state index contributed by atoms with van der Waals surface area (Å²) in [5.74, 6) is 0. The number of aromatic nitrogens is 2. The quantitative estimate of drug-likeness (QED) is 0.873. The SMILES string of the molecule is c1csc(-c2[nH]ncc2CNC[C@H]2COCCO2)c1. The Kier molecular flexibility index (Phi) is 4.24. The molecule has 2 aromatic rings. The monoisotopic (exact) mass is 279 g/mol. The number of ether oxygens (including phenoxy) is 2. The third-order valence-electron chi connectivity index (χ3n) is 3.06. The molecule has 1 aliphatic heterocycles. The standard InChI is InChI=1S/C13H17N3O2S/c1-2-12(19-5-1)13-10(7-15-16-13)6-14-8-11-9-17-3-4-18-11/h1-2,5,7,11,14H,3-4,6,8-9H2,(H,15,16)/t11-/m0/s1. The van der Waals surface area contributed by atoms with Gasteiger partial charge in [0.25, 0.3) is 0 Å². The molecular formula is C13H17N3O2S. The minimum Gasteiger partial charge on any atom is -0.376 e. The number of aromatic amines is 1. The molecule has 6 heteroatoms. The first-order chi connectivity index (χ1) is 9.43. The van der Waals surface area contributed by atoms with Crippen LogP contribution in [0, 0.1) is 0 Å². The number of hydrogen-bond donors (Lipinski definition) is 2. The van der Waals surface area contributed by atoms with Crippen molar-refractivity contribution in [3.63, 3.8) is 0 Å².